The highest BCUT2D eigenvalue weighted by Crippen LogP contribution is 2.30. The van der Waals surface area contributed by atoms with Crippen LogP contribution in [0.3, 0.4) is 0 Å². The molecule has 1 aromatic carbocycles. The van der Waals surface area contributed by atoms with Crippen LogP contribution in [-0.4, -0.2) is 54.0 Å². The van der Waals surface area contributed by atoms with Gasteiger partial charge in [-0.15, -0.1) is 0 Å². The number of fused-ring (bicyclic) bond motifs is 4. The van der Waals surface area contributed by atoms with E-state index in [1.807, 2.05) is 36.1 Å². The van der Waals surface area contributed by atoms with Crippen LogP contribution in [0, 0.1) is 5.92 Å². The number of urea groups is 1. The van der Waals surface area contributed by atoms with Crippen LogP contribution in [0.15, 0.2) is 24.3 Å². The van der Waals surface area contributed by atoms with E-state index in [-0.39, 0.29) is 23.9 Å². The molecule has 2 bridgehead atoms. The van der Waals surface area contributed by atoms with E-state index < -0.39 is 0 Å². The number of nitrogens with zero attached hydrogens (tertiary/aromatic N) is 2. The number of anilines is 1. The number of carbonyl (C=O) groups excluding carboxylic acids is 2. The van der Waals surface area contributed by atoms with Crippen molar-refractivity contribution in [3.63, 3.8) is 0 Å². The lowest BCUT2D eigenvalue weighted by Crippen LogP contribution is -2.48. The molecular formula is C19H27N3O3. The Balaban J connectivity index is 1.72. The first-order chi connectivity index (χ1) is 12.1. The van der Waals surface area contributed by atoms with Crippen LogP contribution in [0.4, 0.5) is 10.5 Å². The lowest BCUT2D eigenvalue weighted by molar-refractivity contribution is -0.139. The van der Waals surface area contributed by atoms with Crippen LogP contribution in [0.1, 0.15) is 33.1 Å². The number of rotatable bonds is 5. The van der Waals surface area contributed by atoms with E-state index >= 15 is 0 Å². The summed E-state index contributed by atoms with van der Waals surface area (Å²) in [5, 5.41) is 2.96. The molecule has 6 nitrogen and oxygen atoms in total. The van der Waals surface area contributed by atoms with Crippen LogP contribution in [-0.2, 0) is 4.79 Å². The summed E-state index contributed by atoms with van der Waals surface area (Å²) in [6.45, 7) is 6.42. The maximum atomic E-state index is 12.8. The highest BCUT2D eigenvalue weighted by Gasteiger charge is 2.41. The zero-order valence-electron chi connectivity index (χ0n) is 15.0. The smallest absolute Gasteiger partial charge is 0.322 e. The van der Waals surface area contributed by atoms with Crippen molar-refractivity contribution in [3.8, 4) is 5.75 Å². The molecule has 1 aromatic rings. The molecule has 0 radical (unpaired) electrons. The van der Waals surface area contributed by atoms with Crippen molar-refractivity contribution < 1.29 is 14.3 Å². The first-order valence-electron chi connectivity index (χ1n) is 9.22. The van der Waals surface area contributed by atoms with Crippen molar-refractivity contribution in [1.82, 2.24) is 9.80 Å². The zero-order chi connectivity index (χ0) is 17.8. The Morgan fingerprint density at radius 3 is 2.80 bits per heavy atom. The molecule has 3 aliphatic rings. The SMILES string of the molecule is CCCN1C(=O)[C@H]2CC[C@@H]1CN(C(=O)Nc1ccccc1OCC)C2. The topological polar surface area (TPSA) is 61.9 Å². The number of amides is 3. The summed E-state index contributed by atoms with van der Waals surface area (Å²) < 4.78 is 5.57. The van der Waals surface area contributed by atoms with E-state index in [4.69, 9.17) is 4.74 Å². The van der Waals surface area contributed by atoms with Gasteiger partial charge in [0.2, 0.25) is 5.91 Å². The molecule has 136 valence electrons. The number of para-hydroxylation sites is 2. The van der Waals surface area contributed by atoms with Gasteiger partial charge in [0, 0.05) is 25.7 Å². The summed E-state index contributed by atoms with van der Waals surface area (Å²) in [7, 11) is 0. The van der Waals surface area contributed by atoms with E-state index in [9.17, 15) is 9.59 Å². The third kappa shape index (κ3) is 3.72. The number of hydrogen-bond donors (Lipinski definition) is 1. The van der Waals surface area contributed by atoms with Crippen molar-refractivity contribution in [1.29, 1.82) is 0 Å². The lowest BCUT2D eigenvalue weighted by Gasteiger charge is -2.35. The predicted molar refractivity (Wildman–Crippen MR) is 96.7 cm³/mol. The fraction of sp³-hybridized carbons (Fsp3) is 0.579. The summed E-state index contributed by atoms with van der Waals surface area (Å²) in [5.41, 5.74) is 0.669. The Kier molecular flexibility index (Phi) is 5.46. The Morgan fingerprint density at radius 1 is 1.24 bits per heavy atom. The van der Waals surface area contributed by atoms with Gasteiger partial charge < -0.3 is 19.9 Å². The van der Waals surface area contributed by atoms with Crippen molar-refractivity contribution in [2.75, 3.05) is 31.6 Å². The standard InChI is InChI=1S/C19H27N3O3/c1-3-11-22-15-10-9-14(18(22)23)12-21(13-15)19(24)20-16-7-5-6-8-17(16)25-4-2/h5-8,14-15H,3-4,9-13H2,1-2H3,(H,20,24)/t14-,15+/m0/s1. The van der Waals surface area contributed by atoms with Gasteiger partial charge in [-0.2, -0.15) is 0 Å². The molecule has 1 N–H and O–H groups in total. The predicted octanol–water partition coefficient (Wildman–Crippen LogP) is 2.95. The van der Waals surface area contributed by atoms with Gasteiger partial charge in [-0.1, -0.05) is 19.1 Å². The molecule has 3 aliphatic heterocycles. The highest BCUT2D eigenvalue weighted by atomic mass is 16.5. The molecule has 0 aromatic heterocycles. The molecule has 3 heterocycles. The average molecular weight is 345 g/mol. The molecule has 3 saturated heterocycles. The maximum Gasteiger partial charge on any atom is 0.322 e. The Hall–Kier alpha value is -2.24. The quantitative estimate of drug-likeness (QED) is 0.892. The molecule has 3 fully saturated rings. The molecule has 0 unspecified atom stereocenters. The molecule has 0 saturated carbocycles. The second-order valence-corrected chi connectivity index (χ2v) is 6.72. The second-order valence-electron chi connectivity index (χ2n) is 6.72. The summed E-state index contributed by atoms with van der Waals surface area (Å²) in [6.07, 6.45) is 2.81. The monoisotopic (exact) mass is 345 g/mol. The second kappa shape index (κ2) is 7.76. The number of ether oxygens (including phenoxy) is 1. The molecule has 0 spiro atoms. The van der Waals surface area contributed by atoms with Gasteiger partial charge in [0.25, 0.3) is 0 Å². The van der Waals surface area contributed by atoms with Crippen molar-refractivity contribution >= 4 is 17.6 Å². The van der Waals surface area contributed by atoms with Crippen molar-refractivity contribution in [3.05, 3.63) is 24.3 Å². The first kappa shape index (κ1) is 17.6. The third-order valence-electron chi connectivity index (χ3n) is 4.97. The molecule has 0 aliphatic carbocycles. The van der Waals surface area contributed by atoms with E-state index in [0.717, 1.165) is 25.8 Å². The maximum absolute atomic E-state index is 12.8. The van der Waals surface area contributed by atoms with E-state index in [1.165, 1.54) is 0 Å². The summed E-state index contributed by atoms with van der Waals surface area (Å²) >= 11 is 0. The van der Waals surface area contributed by atoms with Gasteiger partial charge in [-0.25, -0.2) is 4.79 Å². The van der Waals surface area contributed by atoms with Crippen LogP contribution in [0.25, 0.3) is 0 Å². The fourth-order valence-electron chi connectivity index (χ4n) is 3.79. The van der Waals surface area contributed by atoms with Gasteiger partial charge in [0.15, 0.2) is 0 Å². The summed E-state index contributed by atoms with van der Waals surface area (Å²) in [6, 6.07) is 7.42. The Labute approximate surface area is 149 Å². The zero-order valence-corrected chi connectivity index (χ0v) is 15.0. The molecular weight excluding hydrogens is 318 g/mol. The van der Waals surface area contributed by atoms with E-state index in [1.54, 1.807) is 4.90 Å². The average Bonchev–Trinajstić information content (AvgIpc) is 2.90. The fourth-order valence-corrected chi connectivity index (χ4v) is 3.79. The van der Waals surface area contributed by atoms with Gasteiger partial charge in [0.1, 0.15) is 5.75 Å². The molecule has 6 heteroatoms. The molecule has 25 heavy (non-hydrogen) atoms. The van der Waals surface area contributed by atoms with Gasteiger partial charge in [0.05, 0.1) is 18.2 Å². The van der Waals surface area contributed by atoms with Gasteiger partial charge >= 0.3 is 6.03 Å². The number of benzene rings is 1. The van der Waals surface area contributed by atoms with Gasteiger partial charge in [-0.3, -0.25) is 4.79 Å². The van der Waals surface area contributed by atoms with Crippen molar-refractivity contribution in [2.24, 2.45) is 5.92 Å². The number of carbonyl (C=O) groups is 2. The van der Waals surface area contributed by atoms with Crippen LogP contribution >= 0.6 is 0 Å². The minimum atomic E-state index is -0.157. The molecule has 3 amide bonds. The largest absolute Gasteiger partial charge is 0.492 e. The van der Waals surface area contributed by atoms with Crippen LogP contribution < -0.4 is 10.1 Å². The number of nitrogens with one attached hydrogen (secondary N) is 1. The Morgan fingerprint density at radius 2 is 2.04 bits per heavy atom. The minimum Gasteiger partial charge on any atom is -0.492 e. The minimum absolute atomic E-state index is 0.0711. The van der Waals surface area contributed by atoms with Crippen molar-refractivity contribution in [2.45, 2.75) is 39.2 Å². The van der Waals surface area contributed by atoms with Crippen LogP contribution in [0.2, 0.25) is 0 Å². The lowest BCUT2D eigenvalue weighted by atomic mass is 9.94. The highest BCUT2D eigenvalue weighted by molar-refractivity contribution is 5.92. The first-order valence-corrected chi connectivity index (χ1v) is 9.22. The van der Waals surface area contributed by atoms with Gasteiger partial charge in [-0.05, 0) is 38.3 Å². The normalized spacial score (nSPS) is 22.7. The number of hydrogen-bond acceptors (Lipinski definition) is 3. The summed E-state index contributed by atoms with van der Waals surface area (Å²) in [4.78, 5) is 29.2. The van der Waals surface area contributed by atoms with Crippen LogP contribution in [0.5, 0.6) is 5.75 Å². The summed E-state index contributed by atoms with van der Waals surface area (Å²) in [5.74, 6) is 0.807. The Bertz CT molecular complexity index is 634. The van der Waals surface area contributed by atoms with E-state index in [2.05, 4.69) is 12.2 Å². The molecule has 2 atom stereocenters. The van der Waals surface area contributed by atoms with E-state index in [0.29, 0.717) is 31.1 Å². The third-order valence-corrected chi connectivity index (χ3v) is 4.97. The number of piperidine rings is 1. The molecule has 4 rings (SSSR count).